The van der Waals surface area contributed by atoms with Crippen LogP contribution in [-0.4, -0.2) is 32.2 Å². The van der Waals surface area contributed by atoms with E-state index in [0.717, 1.165) is 5.56 Å². The van der Waals surface area contributed by atoms with Crippen molar-refractivity contribution in [1.82, 2.24) is 5.43 Å². The number of hydrazone groups is 1. The smallest absolute Gasteiger partial charge is 0.329 e. The van der Waals surface area contributed by atoms with Crippen molar-refractivity contribution in [2.45, 2.75) is 6.61 Å². The number of hydrogen-bond acceptors (Lipinski definition) is 6. The molecule has 0 bridgehead atoms. The lowest BCUT2D eigenvalue weighted by Crippen LogP contribution is -2.32. The van der Waals surface area contributed by atoms with Crippen LogP contribution >= 0.6 is 0 Å². The summed E-state index contributed by atoms with van der Waals surface area (Å²) >= 11 is 0. The van der Waals surface area contributed by atoms with Crippen LogP contribution in [-0.2, 0) is 16.2 Å². The van der Waals surface area contributed by atoms with E-state index >= 15 is 0 Å². The molecule has 9 heteroatoms. The van der Waals surface area contributed by atoms with Gasteiger partial charge in [0.1, 0.15) is 18.2 Å². The van der Waals surface area contributed by atoms with E-state index < -0.39 is 11.8 Å². The molecule has 170 valence electrons. The Bertz CT molecular complexity index is 1150. The molecule has 0 spiro atoms. The third-order valence-electron chi connectivity index (χ3n) is 4.46. The van der Waals surface area contributed by atoms with E-state index in [2.05, 4.69) is 15.8 Å². The highest BCUT2D eigenvalue weighted by atomic mass is 19.1. The van der Waals surface area contributed by atoms with Crippen LogP contribution in [0.5, 0.6) is 17.2 Å². The molecule has 0 unspecified atom stereocenters. The van der Waals surface area contributed by atoms with E-state index in [9.17, 15) is 14.0 Å². The zero-order chi connectivity index (χ0) is 23.6. The first-order valence-electron chi connectivity index (χ1n) is 9.83. The molecule has 0 saturated carbocycles. The molecule has 3 aromatic rings. The van der Waals surface area contributed by atoms with Crippen molar-refractivity contribution in [2.75, 3.05) is 19.5 Å². The normalized spacial score (nSPS) is 10.5. The van der Waals surface area contributed by atoms with Gasteiger partial charge in [-0.2, -0.15) is 5.10 Å². The van der Waals surface area contributed by atoms with Crippen molar-refractivity contribution in [2.24, 2.45) is 5.10 Å². The molecule has 0 aromatic heterocycles. The van der Waals surface area contributed by atoms with Gasteiger partial charge in [0.2, 0.25) is 0 Å². The molecule has 3 aromatic carbocycles. The van der Waals surface area contributed by atoms with Crippen LogP contribution in [0.15, 0.2) is 71.8 Å². The Balaban J connectivity index is 1.66. The topological polar surface area (TPSA) is 98.2 Å². The van der Waals surface area contributed by atoms with Gasteiger partial charge in [-0.15, -0.1) is 0 Å². The van der Waals surface area contributed by atoms with Gasteiger partial charge in [-0.05, 0) is 42.0 Å². The molecular weight excluding hydrogens is 429 g/mol. The van der Waals surface area contributed by atoms with Gasteiger partial charge < -0.3 is 19.5 Å². The highest BCUT2D eigenvalue weighted by molar-refractivity contribution is 6.39. The predicted octanol–water partition coefficient (Wildman–Crippen LogP) is 3.51. The number of halogens is 1. The lowest BCUT2D eigenvalue weighted by molar-refractivity contribution is -0.136. The lowest BCUT2D eigenvalue weighted by Gasteiger charge is -2.13. The maximum absolute atomic E-state index is 13.1. The van der Waals surface area contributed by atoms with Gasteiger partial charge in [-0.3, -0.25) is 9.59 Å². The number of amides is 2. The molecule has 0 heterocycles. The van der Waals surface area contributed by atoms with Crippen LogP contribution in [0.3, 0.4) is 0 Å². The summed E-state index contributed by atoms with van der Waals surface area (Å²) in [5, 5.41) is 6.31. The molecule has 2 N–H and O–H groups in total. The number of para-hydroxylation sites is 3. The molecule has 0 radical (unpaired) electrons. The SMILES string of the molecule is COc1ccccc1NC(=O)C(=O)N/N=C\c1cccc(OC)c1OCc1ccc(F)cc1. The van der Waals surface area contributed by atoms with Gasteiger partial charge >= 0.3 is 11.8 Å². The summed E-state index contributed by atoms with van der Waals surface area (Å²) in [6, 6.07) is 17.7. The lowest BCUT2D eigenvalue weighted by atomic mass is 10.2. The fourth-order valence-corrected chi connectivity index (χ4v) is 2.82. The number of methoxy groups -OCH3 is 2. The first-order valence-corrected chi connectivity index (χ1v) is 9.83. The molecule has 3 rings (SSSR count). The Kier molecular flexibility index (Phi) is 7.96. The molecular formula is C24H22FN3O5. The third-order valence-corrected chi connectivity index (χ3v) is 4.46. The van der Waals surface area contributed by atoms with Crippen molar-refractivity contribution in [3.63, 3.8) is 0 Å². The number of rotatable bonds is 8. The minimum absolute atomic E-state index is 0.162. The summed E-state index contributed by atoms with van der Waals surface area (Å²) < 4.78 is 29.4. The second-order valence-corrected chi connectivity index (χ2v) is 6.65. The second-order valence-electron chi connectivity index (χ2n) is 6.65. The van der Waals surface area contributed by atoms with Gasteiger partial charge in [-0.25, -0.2) is 9.82 Å². The summed E-state index contributed by atoms with van der Waals surface area (Å²) in [4.78, 5) is 24.3. The second kappa shape index (κ2) is 11.3. The van der Waals surface area contributed by atoms with Crippen molar-refractivity contribution in [3.05, 3.63) is 83.7 Å². The van der Waals surface area contributed by atoms with Crippen LogP contribution in [0.25, 0.3) is 0 Å². The fourth-order valence-electron chi connectivity index (χ4n) is 2.82. The average Bonchev–Trinajstić information content (AvgIpc) is 2.84. The van der Waals surface area contributed by atoms with Crippen LogP contribution < -0.4 is 25.0 Å². The highest BCUT2D eigenvalue weighted by Gasteiger charge is 2.15. The number of hydrogen-bond donors (Lipinski definition) is 2. The number of carbonyl (C=O) groups excluding carboxylic acids is 2. The number of nitrogens with zero attached hydrogens (tertiary/aromatic N) is 1. The number of carbonyl (C=O) groups is 2. The summed E-state index contributed by atoms with van der Waals surface area (Å²) in [6.07, 6.45) is 1.33. The molecule has 0 aliphatic carbocycles. The summed E-state index contributed by atoms with van der Waals surface area (Å²) in [7, 11) is 2.95. The summed E-state index contributed by atoms with van der Waals surface area (Å²) in [5.74, 6) is -0.971. The standard InChI is InChI=1S/C24H22FN3O5/c1-31-20-8-4-3-7-19(20)27-23(29)24(30)28-26-14-17-6-5-9-21(32-2)22(17)33-15-16-10-12-18(25)13-11-16/h3-14H,15H2,1-2H3,(H,27,29)(H,28,30)/b26-14-. The number of ether oxygens (including phenoxy) is 3. The summed E-state index contributed by atoms with van der Waals surface area (Å²) in [5.41, 5.74) is 3.79. The van der Waals surface area contributed by atoms with E-state index in [0.29, 0.717) is 28.5 Å². The van der Waals surface area contributed by atoms with Gasteiger partial charge in [-0.1, -0.05) is 30.3 Å². The Morgan fingerprint density at radius 3 is 2.33 bits per heavy atom. The van der Waals surface area contributed by atoms with E-state index in [1.54, 1.807) is 54.6 Å². The maximum atomic E-state index is 13.1. The monoisotopic (exact) mass is 451 g/mol. The zero-order valence-corrected chi connectivity index (χ0v) is 18.0. The number of nitrogens with one attached hydrogen (secondary N) is 2. The van der Waals surface area contributed by atoms with Crippen molar-refractivity contribution in [3.8, 4) is 17.2 Å². The average molecular weight is 451 g/mol. The Hall–Kier alpha value is -4.40. The Morgan fingerprint density at radius 2 is 1.61 bits per heavy atom. The largest absolute Gasteiger partial charge is 0.495 e. The number of anilines is 1. The quantitative estimate of drug-likeness (QED) is 0.310. The predicted molar refractivity (Wildman–Crippen MR) is 121 cm³/mol. The van der Waals surface area contributed by atoms with Gasteiger partial charge in [0.15, 0.2) is 11.5 Å². The molecule has 8 nitrogen and oxygen atoms in total. The molecule has 0 aliphatic rings. The fraction of sp³-hybridized carbons (Fsp3) is 0.125. The van der Waals surface area contributed by atoms with Crippen LogP contribution in [0.2, 0.25) is 0 Å². The summed E-state index contributed by atoms with van der Waals surface area (Å²) in [6.45, 7) is 0.162. The first kappa shape index (κ1) is 23.3. The van der Waals surface area contributed by atoms with Crippen LogP contribution in [0.4, 0.5) is 10.1 Å². The number of benzene rings is 3. The first-order chi connectivity index (χ1) is 16.0. The Morgan fingerprint density at radius 1 is 0.909 bits per heavy atom. The van der Waals surface area contributed by atoms with Crippen molar-refractivity contribution >= 4 is 23.7 Å². The van der Waals surface area contributed by atoms with Crippen LogP contribution in [0.1, 0.15) is 11.1 Å². The van der Waals surface area contributed by atoms with Gasteiger partial charge in [0, 0.05) is 5.56 Å². The molecule has 0 aliphatic heterocycles. The van der Waals surface area contributed by atoms with E-state index in [-0.39, 0.29) is 12.4 Å². The van der Waals surface area contributed by atoms with Crippen molar-refractivity contribution < 1.29 is 28.2 Å². The molecule has 0 fully saturated rings. The minimum atomic E-state index is -0.964. The molecule has 2 amide bonds. The molecule has 33 heavy (non-hydrogen) atoms. The minimum Gasteiger partial charge on any atom is -0.495 e. The van der Waals surface area contributed by atoms with E-state index in [4.69, 9.17) is 14.2 Å². The van der Waals surface area contributed by atoms with Gasteiger partial charge in [0.05, 0.1) is 26.1 Å². The Labute approximate surface area is 190 Å². The van der Waals surface area contributed by atoms with Gasteiger partial charge in [0.25, 0.3) is 0 Å². The molecule has 0 atom stereocenters. The molecule has 0 saturated heterocycles. The highest BCUT2D eigenvalue weighted by Crippen LogP contribution is 2.31. The van der Waals surface area contributed by atoms with Crippen LogP contribution in [0, 0.1) is 5.82 Å². The van der Waals surface area contributed by atoms with E-state index in [1.807, 2.05) is 0 Å². The maximum Gasteiger partial charge on any atom is 0.329 e. The third kappa shape index (κ3) is 6.30. The zero-order valence-electron chi connectivity index (χ0n) is 18.0. The van der Waals surface area contributed by atoms with E-state index in [1.165, 1.54) is 32.6 Å². The van der Waals surface area contributed by atoms with Crippen molar-refractivity contribution in [1.29, 1.82) is 0 Å².